The SMILES string of the molecule is Oc1ccc(F)c(CN2CCNCC2)c1Br. The average molecular weight is 289 g/mol. The second-order valence-electron chi connectivity index (χ2n) is 3.89. The number of nitrogens with one attached hydrogen (secondary N) is 1. The first-order chi connectivity index (χ1) is 7.68. The van der Waals surface area contributed by atoms with Crippen LogP contribution >= 0.6 is 15.9 Å². The molecule has 0 amide bonds. The van der Waals surface area contributed by atoms with Crippen molar-refractivity contribution in [1.29, 1.82) is 0 Å². The van der Waals surface area contributed by atoms with Gasteiger partial charge in [0.25, 0.3) is 0 Å². The summed E-state index contributed by atoms with van der Waals surface area (Å²) in [5.74, 6) is -0.185. The van der Waals surface area contributed by atoms with Crippen LogP contribution in [-0.4, -0.2) is 36.2 Å². The van der Waals surface area contributed by atoms with E-state index in [9.17, 15) is 9.50 Å². The van der Waals surface area contributed by atoms with Gasteiger partial charge in [0.1, 0.15) is 11.6 Å². The summed E-state index contributed by atoms with van der Waals surface area (Å²) in [6.07, 6.45) is 0. The summed E-state index contributed by atoms with van der Waals surface area (Å²) in [7, 11) is 0. The van der Waals surface area contributed by atoms with Crippen molar-refractivity contribution in [3.05, 3.63) is 28.0 Å². The Morgan fingerprint density at radius 3 is 2.75 bits per heavy atom. The van der Waals surface area contributed by atoms with E-state index in [-0.39, 0.29) is 11.6 Å². The minimum absolute atomic E-state index is 0.0894. The summed E-state index contributed by atoms with van der Waals surface area (Å²) >= 11 is 3.23. The average Bonchev–Trinajstić information content (AvgIpc) is 2.31. The summed E-state index contributed by atoms with van der Waals surface area (Å²) in [5, 5.41) is 12.8. The fourth-order valence-electron chi connectivity index (χ4n) is 1.82. The van der Waals surface area contributed by atoms with Gasteiger partial charge in [-0.1, -0.05) is 0 Å². The number of hydrogen-bond acceptors (Lipinski definition) is 3. The molecule has 0 bridgehead atoms. The van der Waals surface area contributed by atoms with E-state index < -0.39 is 0 Å². The quantitative estimate of drug-likeness (QED) is 0.870. The monoisotopic (exact) mass is 288 g/mol. The highest BCUT2D eigenvalue weighted by molar-refractivity contribution is 9.10. The Morgan fingerprint density at radius 2 is 2.06 bits per heavy atom. The van der Waals surface area contributed by atoms with Crippen molar-refractivity contribution < 1.29 is 9.50 Å². The van der Waals surface area contributed by atoms with Gasteiger partial charge in [-0.05, 0) is 28.1 Å². The molecule has 0 unspecified atom stereocenters. The first-order valence-corrected chi connectivity index (χ1v) is 6.06. The molecule has 16 heavy (non-hydrogen) atoms. The third-order valence-electron chi connectivity index (χ3n) is 2.76. The second-order valence-corrected chi connectivity index (χ2v) is 4.68. The maximum absolute atomic E-state index is 13.6. The molecular formula is C11H14BrFN2O. The van der Waals surface area contributed by atoms with Gasteiger partial charge in [-0.3, -0.25) is 4.90 Å². The highest BCUT2D eigenvalue weighted by Gasteiger charge is 2.16. The molecular weight excluding hydrogens is 275 g/mol. The maximum atomic E-state index is 13.6. The topological polar surface area (TPSA) is 35.5 Å². The van der Waals surface area contributed by atoms with Crippen molar-refractivity contribution >= 4 is 15.9 Å². The van der Waals surface area contributed by atoms with Crippen LogP contribution in [0.3, 0.4) is 0 Å². The van der Waals surface area contributed by atoms with E-state index in [1.807, 2.05) is 0 Å². The van der Waals surface area contributed by atoms with Crippen molar-refractivity contribution in [3.63, 3.8) is 0 Å². The maximum Gasteiger partial charge on any atom is 0.130 e. The number of phenols is 1. The fourth-order valence-corrected chi connectivity index (χ4v) is 2.27. The van der Waals surface area contributed by atoms with Crippen molar-refractivity contribution in [3.8, 4) is 5.75 Å². The molecule has 1 aliphatic rings. The van der Waals surface area contributed by atoms with E-state index in [1.165, 1.54) is 12.1 Å². The molecule has 0 atom stereocenters. The van der Waals surface area contributed by atoms with Crippen LogP contribution in [0.1, 0.15) is 5.56 Å². The van der Waals surface area contributed by atoms with E-state index in [0.29, 0.717) is 16.6 Å². The Balaban J connectivity index is 2.16. The minimum atomic E-state index is -0.275. The van der Waals surface area contributed by atoms with Crippen LogP contribution in [0.4, 0.5) is 4.39 Å². The van der Waals surface area contributed by atoms with E-state index in [4.69, 9.17) is 0 Å². The summed E-state index contributed by atoms with van der Waals surface area (Å²) in [6.45, 7) is 4.20. The Morgan fingerprint density at radius 1 is 1.38 bits per heavy atom. The van der Waals surface area contributed by atoms with Crippen LogP contribution in [0.2, 0.25) is 0 Å². The number of phenolic OH excluding ortho intramolecular Hbond substituents is 1. The second kappa shape index (κ2) is 5.12. The summed E-state index contributed by atoms with van der Waals surface area (Å²) in [4.78, 5) is 2.17. The molecule has 3 nitrogen and oxygen atoms in total. The number of hydrogen-bond donors (Lipinski definition) is 2. The molecule has 1 aromatic rings. The largest absolute Gasteiger partial charge is 0.507 e. The van der Waals surface area contributed by atoms with Gasteiger partial charge < -0.3 is 10.4 Å². The Bertz CT molecular complexity index is 380. The molecule has 1 aromatic carbocycles. The lowest BCUT2D eigenvalue weighted by atomic mass is 10.1. The molecule has 1 heterocycles. The van der Waals surface area contributed by atoms with Gasteiger partial charge in [0.15, 0.2) is 0 Å². The molecule has 2 rings (SSSR count). The molecule has 1 saturated heterocycles. The van der Waals surface area contributed by atoms with Crippen LogP contribution < -0.4 is 5.32 Å². The van der Waals surface area contributed by atoms with Crippen LogP contribution in [0.25, 0.3) is 0 Å². The van der Waals surface area contributed by atoms with Crippen LogP contribution in [0, 0.1) is 5.82 Å². The number of aromatic hydroxyl groups is 1. The lowest BCUT2D eigenvalue weighted by Gasteiger charge is -2.27. The van der Waals surface area contributed by atoms with Crippen molar-refractivity contribution in [2.75, 3.05) is 26.2 Å². The standard InChI is InChI=1S/C11H14BrFN2O/c12-11-8(9(13)1-2-10(11)16)7-15-5-3-14-4-6-15/h1-2,14,16H,3-7H2. The van der Waals surface area contributed by atoms with Crippen molar-refractivity contribution in [1.82, 2.24) is 10.2 Å². The molecule has 0 spiro atoms. The minimum Gasteiger partial charge on any atom is -0.507 e. The zero-order valence-corrected chi connectivity index (χ0v) is 10.4. The molecule has 0 radical (unpaired) electrons. The van der Waals surface area contributed by atoms with Gasteiger partial charge in [0, 0.05) is 38.3 Å². The van der Waals surface area contributed by atoms with E-state index in [2.05, 4.69) is 26.1 Å². The zero-order chi connectivity index (χ0) is 11.5. The van der Waals surface area contributed by atoms with E-state index in [0.717, 1.165) is 26.2 Å². The van der Waals surface area contributed by atoms with Gasteiger partial charge in [-0.25, -0.2) is 4.39 Å². The third-order valence-corrected chi connectivity index (χ3v) is 3.64. The number of rotatable bonds is 2. The normalized spacial score (nSPS) is 17.6. The van der Waals surface area contributed by atoms with Gasteiger partial charge in [-0.15, -0.1) is 0 Å². The predicted molar refractivity (Wildman–Crippen MR) is 63.9 cm³/mol. The van der Waals surface area contributed by atoms with Gasteiger partial charge >= 0.3 is 0 Å². The number of nitrogens with zero attached hydrogens (tertiary/aromatic N) is 1. The molecule has 5 heteroatoms. The molecule has 1 aliphatic heterocycles. The van der Waals surface area contributed by atoms with Crippen LogP contribution in [0.15, 0.2) is 16.6 Å². The lowest BCUT2D eigenvalue weighted by Crippen LogP contribution is -2.43. The van der Waals surface area contributed by atoms with Crippen LogP contribution in [0.5, 0.6) is 5.75 Å². The number of halogens is 2. The molecule has 88 valence electrons. The molecule has 0 saturated carbocycles. The zero-order valence-electron chi connectivity index (χ0n) is 8.84. The fraction of sp³-hybridized carbons (Fsp3) is 0.455. The first kappa shape index (κ1) is 11.8. The Hall–Kier alpha value is -0.650. The number of benzene rings is 1. The predicted octanol–water partition coefficient (Wildman–Crippen LogP) is 1.70. The molecule has 0 aliphatic carbocycles. The Kier molecular flexibility index (Phi) is 3.78. The Labute approximate surface area is 102 Å². The first-order valence-electron chi connectivity index (χ1n) is 5.27. The molecule has 2 N–H and O–H groups in total. The molecule has 0 aromatic heterocycles. The van der Waals surface area contributed by atoms with Gasteiger partial charge in [-0.2, -0.15) is 0 Å². The highest BCUT2D eigenvalue weighted by Crippen LogP contribution is 2.30. The van der Waals surface area contributed by atoms with Crippen LogP contribution in [-0.2, 0) is 6.54 Å². The van der Waals surface area contributed by atoms with E-state index in [1.54, 1.807) is 0 Å². The highest BCUT2D eigenvalue weighted by atomic mass is 79.9. The summed E-state index contributed by atoms with van der Waals surface area (Å²) in [6, 6.07) is 2.66. The smallest absolute Gasteiger partial charge is 0.130 e. The lowest BCUT2D eigenvalue weighted by molar-refractivity contribution is 0.229. The van der Waals surface area contributed by atoms with Gasteiger partial charge in [0.2, 0.25) is 0 Å². The van der Waals surface area contributed by atoms with E-state index >= 15 is 0 Å². The van der Waals surface area contributed by atoms with Crippen molar-refractivity contribution in [2.45, 2.75) is 6.54 Å². The summed E-state index contributed by atoms with van der Waals surface area (Å²) < 4.78 is 14.1. The number of piperazine rings is 1. The van der Waals surface area contributed by atoms with Gasteiger partial charge in [0.05, 0.1) is 4.47 Å². The molecule has 1 fully saturated rings. The third kappa shape index (κ3) is 2.53. The van der Waals surface area contributed by atoms with Crippen molar-refractivity contribution in [2.24, 2.45) is 0 Å². The summed E-state index contributed by atoms with van der Waals surface area (Å²) in [5.41, 5.74) is 0.530.